The van der Waals surface area contributed by atoms with Crippen molar-refractivity contribution < 1.29 is 8.42 Å². The van der Waals surface area contributed by atoms with Gasteiger partial charge in [0.05, 0.1) is 5.25 Å². The molecule has 0 aromatic heterocycles. The third kappa shape index (κ3) is 3.35. The third-order valence-corrected chi connectivity index (χ3v) is 6.34. The van der Waals surface area contributed by atoms with E-state index in [1.54, 1.807) is 0 Å². The van der Waals surface area contributed by atoms with Crippen LogP contribution in [0.1, 0.15) is 25.7 Å². The van der Waals surface area contributed by atoms with Crippen molar-refractivity contribution in [2.75, 3.05) is 24.6 Å². The molecule has 2 unspecified atom stereocenters. The normalized spacial score (nSPS) is 32.5. The summed E-state index contributed by atoms with van der Waals surface area (Å²) < 4.78 is 27.1. The fourth-order valence-corrected chi connectivity index (χ4v) is 5.10. The van der Waals surface area contributed by atoms with Crippen LogP contribution in [0.15, 0.2) is 0 Å². The van der Waals surface area contributed by atoms with Crippen molar-refractivity contribution in [3.8, 4) is 0 Å². The molecule has 2 saturated heterocycles. The molecule has 16 heavy (non-hydrogen) atoms. The zero-order valence-electron chi connectivity index (χ0n) is 9.44. The Labute approximate surface area is 102 Å². The van der Waals surface area contributed by atoms with Gasteiger partial charge in [-0.05, 0) is 38.0 Å². The van der Waals surface area contributed by atoms with Crippen LogP contribution in [0.25, 0.3) is 0 Å². The second-order valence-electron chi connectivity index (χ2n) is 4.55. The SMILES string of the molecule is O=S(=O)(NC1CCCSC1)C1CCCNC1. The minimum Gasteiger partial charge on any atom is -0.315 e. The molecule has 6 heteroatoms. The summed E-state index contributed by atoms with van der Waals surface area (Å²) in [4.78, 5) is 0. The molecule has 2 atom stereocenters. The number of thioether (sulfide) groups is 1. The molecule has 2 aliphatic rings. The van der Waals surface area contributed by atoms with E-state index in [0.29, 0.717) is 6.54 Å². The molecule has 94 valence electrons. The molecule has 4 nitrogen and oxygen atoms in total. The Bertz CT molecular complexity index is 307. The summed E-state index contributed by atoms with van der Waals surface area (Å²) in [5, 5.41) is 2.93. The van der Waals surface area contributed by atoms with E-state index >= 15 is 0 Å². The van der Waals surface area contributed by atoms with Gasteiger partial charge in [-0.1, -0.05) is 0 Å². The van der Waals surface area contributed by atoms with E-state index in [4.69, 9.17) is 0 Å². The molecule has 0 saturated carbocycles. The highest BCUT2D eigenvalue weighted by Gasteiger charge is 2.29. The van der Waals surface area contributed by atoms with E-state index in [1.807, 2.05) is 11.8 Å². The number of nitrogens with one attached hydrogen (secondary N) is 2. The van der Waals surface area contributed by atoms with Crippen LogP contribution >= 0.6 is 11.8 Å². The maximum Gasteiger partial charge on any atom is 0.216 e. The molecular weight excluding hydrogens is 244 g/mol. The van der Waals surface area contributed by atoms with Gasteiger partial charge in [-0.15, -0.1) is 0 Å². The lowest BCUT2D eigenvalue weighted by Gasteiger charge is -2.27. The predicted octanol–water partition coefficient (Wildman–Crippen LogP) is 0.553. The molecular formula is C10H20N2O2S2. The predicted molar refractivity (Wildman–Crippen MR) is 68.3 cm³/mol. The Hall–Kier alpha value is 0.220. The zero-order valence-corrected chi connectivity index (χ0v) is 11.1. The van der Waals surface area contributed by atoms with Crippen LogP contribution in [0, 0.1) is 0 Å². The molecule has 2 N–H and O–H groups in total. The van der Waals surface area contributed by atoms with E-state index in [0.717, 1.165) is 38.0 Å². The number of hydrogen-bond donors (Lipinski definition) is 2. The van der Waals surface area contributed by atoms with Crippen molar-refractivity contribution in [3.63, 3.8) is 0 Å². The quantitative estimate of drug-likeness (QED) is 0.782. The van der Waals surface area contributed by atoms with Gasteiger partial charge in [0.2, 0.25) is 10.0 Å². The van der Waals surface area contributed by atoms with Crippen molar-refractivity contribution in [1.29, 1.82) is 0 Å². The van der Waals surface area contributed by atoms with Crippen LogP contribution in [-0.4, -0.2) is 44.3 Å². The fraction of sp³-hybridized carbons (Fsp3) is 1.00. The summed E-state index contributed by atoms with van der Waals surface area (Å²) in [6.07, 6.45) is 3.88. The first-order valence-corrected chi connectivity index (χ1v) is 8.68. The summed E-state index contributed by atoms with van der Waals surface area (Å²) >= 11 is 1.85. The molecule has 0 aromatic carbocycles. The molecule has 0 aromatic rings. The Morgan fingerprint density at radius 2 is 2.12 bits per heavy atom. The van der Waals surface area contributed by atoms with Crippen molar-refractivity contribution in [1.82, 2.24) is 10.0 Å². The maximum absolute atomic E-state index is 12.1. The first-order chi connectivity index (χ1) is 7.68. The van der Waals surface area contributed by atoms with Crippen LogP contribution in [0.2, 0.25) is 0 Å². The van der Waals surface area contributed by atoms with Crippen molar-refractivity contribution in [3.05, 3.63) is 0 Å². The monoisotopic (exact) mass is 264 g/mol. The molecule has 2 heterocycles. The van der Waals surface area contributed by atoms with Gasteiger partial charge < -0.3 is 5.32 Å². The average Bonchev–Trinajstić information content (AvgIpc) is 2.31. The molecule has 0 bridgehead atoms. The van der Waals surface area contributed by atoms with Crippen molar-refractivity contribution >= 4 is 21.8 Å². The highest BCUT2D eigenvalue weighted by Crippen LogP contribution is 2.19. The van der Waals surface area contributed by atoms with Crippen LogP contribution in [0.3, 0.4) is 0 Å². The minimum atomic E-state index is -3.11. The number of sulfonamides is 1. The van der Waals surface area contributed by atoms with Crippen LogP contribution < -0.4 is 10.0 Å². The molecule has 0 amide bonds. The molecule has 2 fully saturated rings. The van der Waals surface area contributed by atoms with Gasteiger partial charge in [-0.3, -0.25) is 0 Å². The Morgan fingerprint density at radius 3 is 2.75 bits per heavy atom. The van der Waals surface area contributed by atoms with Gasteiger partial charge in [0.1, 0.15) is 0 Å². The maximum atomic E-state index is 12.1. The van der Waals surface area contributed by atoms with Gasteiger partial charge in [-0.2, -0.15) is 11.8 Å². The number of rotatable bonds is 3. The van der Waals surface area contributed by atoms with Crippen LogP contribution in [0.4, 0.5) is 0 Å². The molecule has 0 spiro atoms. The van der Waals surface area contributed by atoms with E-state index in [1.165, 1.54) is 5.75 Å². The van der Waals surface area contributed by atoms with E-state index in [9.17, 15) is 8.42 Å². The molecule has 2 aliphatic heterocycles. The topological polar surface area (TPSA) is 58.2 Å². The smallest absolute Gasteiger partial charge is 0.216 e. The fourth-order valence-electron chi connectivity index (χ4n) is 2.25. The third-order valence-electron chi connectivity index (χ3n) is 3.18. The van der Waals surface area contributed by atoms with Gasteiger partial charge in [0.25, 0.3) is 0 Å². The van der Waals surface area contributed by atoms with Crippen molar-refractivity contribution in [2.24, 2.45) is 0 Å². The number of piperidine rings is 1. The molecule has 2 rings (SSSR count). The lowest BCUT2D eigenvalue weighted by molar-refractivity contribution is 0.479. The van der Waals surface area contributed by atoms with E-state index in [2.05, 4.69) is 10.0 Å². The first kappa shape index (κ1) is 12.7. The summed E-state index contributed by atoms with van der Waals surface area (Å²) in [6.45, 7) is 1.56. The second-order valence-corrected chi connectivity index (χ2v) is 7.69. The average molecular weight is 264 g/mol. The van der Waals surface area contributed by atoms with E-state index in [-0.39, 0.29) is 11.3 Å². The number of hydrogen-bond acceptors (Lipinski definition) is 4. The zero-order chi connectivity index (χ0) is 11.4. The Kier molecular flexibility index (Phi) is 4.52. The summed E-state index contributed by atoms with van der Waals surface area (Å²) in [7, 11) is -3.11. The molecule has 0 radical (unpaired) electrons. The van der Waals surface area contributed by atoms with Gasteiger partial charge >= 0.3 is 0 Å². The van der Waals surface area contributed by atoms with Crippen molar-refractivity contribution in [2.45, 2.75) is 37.0 Å². The Balaban J connectivity index is 1.90. The lowest BCUT2D eigenvalue weighted by Crippen LogP contribution is -2.48. The second kappa shape index (κ2) is 5.71. The first-order valence-electron chi connectivity index (χ1n) is 5.98. The Morgan fingerprint density at radius 1 is 1.25 bits per heavy atom. The lowest BCUT2D eigenvalue weighted by atomic mass is 10.2. The highest BCUT2D eigenvalue weighted by atomic mass is 32.2. The van der Waals surface area contributed by atoms with Gasteiger partial charge in [0, 0.05) is 18.3 Å². The molecule has 0 aliphatic carbocycles. The van der Waals surface area contributed by atoms with Gasteiger partial charge in [-0.25, -0.2) is 13.1 Å². The van der Waals surface area contributed by atoms with Crippen LogP contribution in [0.5, 0.6) is 0 Å². The summed E-state index contributed by atoms with van der Waals surface area (Å²) in [5.41, 5.74) is 0. The minimum absolute atomic E-state index is 0.158. The highest BCUT2D eigenvalue weighted by molar-refractivity contribution is 7.99. The van der Waals surface area contributed by atoms with E-state index < -0.39 is 10.0 Å². The summed E-state index contributed by atoms with van der Waals surface area (Å²) in [5.74, 6) is 2.10. The van der Waals surface area contributed by atoms with Gasteiger partial charge in [0.15, 0.2) is 0 Å². The summed E-state index contributed by atoms with van der Waals surface area (Å²) in [6, 6.07) is 0.158. The standard InChI is InChI=1S/C10H20N2O2S2/c13-16(14,10-4-1-5-11-7-10)12-9-3-2-6-15-8-9/h9-12H,1-8H2. The van der Waals surface area contributed by atoms with Crippen LogP contribution in [-0.2, 0) is 10.0 Å². The largest absolute Gasteiger partial charge is 0.315 e.